The van der Waals surface area contributed by atoms with Gasteiger partial charge in [-0.1, -0.05) is 19.9 Å². The molecule has 2 atom stereocenters. The highest BCUT2D eigenvalue weighted by atomic mass is 32.2. The first-order valence-electron chi connectivity index (χ1n) is 9.57. The molecule has 2 unspecified atom stereocenters. The van der Waals surface area contributed by atoms with Gasteiger partial charge in [-0.2, -0.15) is 0 Å². The van der Waals surface area contributed by atoms with Crippen LogP contribution in [0.1, 0.15) is 44.7 Å². The summed E-state index contributed by atoms with van der Waals surface area (Å²) in [6, 6.07) is 5.00. The van der Waals surface area contributed by atoms with Crippen LogP contribution < -0.4 is 10.1 Å². The van der Waals surface area contributed by atoms with Crippen LogP contribution in [0.5, 0.6) is 5.75 Å². The summed E-state index contributed by atoms with van der Waals surface area (Å²) in [5.74, 6) is 0.259. The van der Waals surface area contributed by atoms with Crippen molar-refractivity contribution in [3.63, 3.8) is 0 Å². The van der Waals surface area contributed by atoms with E-state index < -0.39 is 27.9 Å². The quantitative estimate of drug-likeness (QED) is 0.770. The summed E-state index contributed by atoms with van der Waals surface area (Å²) in [6.07, 6.45) is -0.763. The van der Waals surface area contributed by atoms with Gasteiger partial charge in [0.2, 0.25) is 5.91 Å². The zero-order valence-corrected chi connectivity index (χ0v) is 18.0. The molecule has 1 aromatic rings. The number of carbonyl (C=O) groups is 2. The van der Waals surface area contributed by atoms with Crippen molar-refractivity contribution < 1.29 is 22.7 Å². The van der Waals surface area contributed by atoms with Gasteiger partial charge in [-0.3, -0.25) is 9.59 Å². The Bertz CT molecular complexity index is 821. The lowest BCUT2D eigenvalue weighted by Crippen LogP contribution is -2.53. The number of carbonyl (C=O) groups excluding carboxylic acids is 2. The minimum atomic E-state index is -3.06. The zero-order valence-electron chi connectivity index (χ0n) is 17.2. The largest absolute Gasteiger partial charge is 0.481 e. The Balaban J connectivity index is 1.91. The second-order valence-electron chi connectivity index (χ2n) is 7.64. The van der Waals surface area contributed by atoms with Gasteiger partial charge >= 0.3 is 0 Å². The van der Waals surface area contributed by atoms with Crippen LogP contribution in [0.4, 0.5) is 0 Å². The van der Waals surface area contributed by atoms with Crippen molar-refractivity contribution >= 4 is 21.7 Å². The van der Waals surface area contributed by atoms with Gasteiger partial charge in [0.05, 0.1) is 11.5 Å². The lowest BCUT2D eigenvalue weighted by atomic mass is 9.98. The van der Waals surface area contributed by atoms with E-state index in [1.54, 1.807) is 13.8 Å². The monoisotopic (exact) mass is 410 g/mol. The number of ether oxygens (including phenoxy) is 1. The predicted octanol–water partition coefficient (Wildman–Crippen LogP) is 1.65. The Hall–Kier alpha value is -2.09. The van der Waals surface area contributed by atoms with Crippen molar-refractivity contribution in [2.75, 3.05) is 24.6 Å². The van der Waals surface area contributed by atoms with E-state index in [0.29, 0.717) is 11.7 Å². The molecule has 2 amide bonds. The van der Waals surface area contributed by atoms with Crippen LogP contribution in [0.3, 0.4) is 0 Å². The van der Waals surface area contributed by atoms with Crippen LogP contribution in [0.25, 0.3) is 0 Å². The number of nitrogens with one attached hydrogen (secondary N) is 1. The van der Waals surface area contributed by atoms with E-state index in [4.69, 9.17) is 4.74 Å². The molecule has 0 saturated carbocycles. The van der Waals surface area contributed by atoms with Crippen molar-refractivity contribution in [3.05, 3.63) is 29.3 Å². The van der Waals surface area contributed by atoms with Gasteiger partial charge in [-0.05, 0) is 49.9 Å². The van der Waals surface area contributed by atoms with Crippen molar-refractivity contribution in [1.82, 2.24) is 10.2 Å². The molecule has 0 radical (unpaired) electrons. The number of nitrogens with zero attached hydrogens (tertiary/aromatic N) is 1. The molecule has 1 aliphatic heterocycles. The summed E-state index contributed by atoms with van der Waals surface area (Å²) in [5, 5.41) is 2.66. The highest BCUT2D eigenvalue weighted by Crippen LogP contribution is 2.24. The molecular formula is C20H30N2O5S. The van der Waals surface area contributed by atoms with Gasteiger partial charge in [0.25, 0.3) is 5.91 Å². The third kappa shape index (κ3) is 5.70. The third-order valence-electron chi connectivity index (χ3n) is 4.93. The number of hydrogen-bond acceptors (Lipinski definition) is 5. The molecular weight excluding hydrogens is 380 g/mol. The SMILES string of the molecule is Cc1cc(OC(C)C(=O)NC(C)C(=O)N2CCS(=O)(=O)CC2)ccc1C(C)C. The maximum Gasteiger partial charge on any atom is 0.261 e. The molecule has 28 heavy (non-hydrogen) atoms. The Labute approximate surface area is 167 Å². The fraction of sp³-hybridized carbons (Fsp3) is 0.600. The summed E-state index contributed by atoms with van der Waals surface area (Å²) in [7, 11) is -3.06. The zero-order chi connectivity index (χ0) is 21.1. The van der Waals surface area contributed by atoms with Gasteiger partial charge in [0, 0.05) is 13.1 Å². The van der Waals surface area contributed by atoms with Crippen LogP contribution in [0.2, 0.25) is 0 Å². The molecule has 1 heterocycles. The van der Waals surface area contributed by atoms with E-state index in [-0.39, 0.29) is 30.5 Å². The molecule has 1 aliphatic rings. The summed E-state index contributed by atoms with van der Waals surface area (Å²) in [5.41, 5.74) is 2.33. The van der Waals surface area contributed by atoms with E-state index in [9.17, 15) is 18.0 Å². The standard InChI is InChI=1S/C20H30N2O5S/c1-13(2)18-7-6-17(12-14(18)3)27-16(5)19(23)21-15(4)20(24)22-8-10-28(25,26)11-9-22/h6-7,12-13,15-16H,8-11H2,1-5H3,(H,21,23). The molecule has 1 fully saturated rings. The molecule has 0 aliphatic carbocycles. The maximum absolute atomic E-state index is 12.4. The van der Waals surface area contributed by atoms with E-state index in [0.717, 1.165) is 5.56 Å². The number of aryl methyl sites for hydroxylation is 1. The molecule has 8 heteroatoms. The molecule has 1 saturated heterocycles. The number of rotatable bonds is 6. The molecule has 0 spiro atoms. The fourth-order valence-corrected chi connectivity index (χ4v) is 4.43. The Kier molecular flexibility index (Phi) is 7.09. The topological polar surface area (TPSA) is 92.8 Å². The lowest BCUT2D eigenvalue weighted by Gasteiger charge is -2.29. The predicted molar refractivity (Wildman–Crippen MR) is 108 cm³/mol. The van der Waals surface area contributed by atoms with Crippen LogP contribution >= 0.6 is 0 Å². The minimum absolute atomic E-state index is 0.0371. The van der Waals surface area contributed by atoms with Gasteiger partial charge < -0.3 is 15.0 Å². The van der Waals surface area contributed by atoms with E-state index in [2.05, 4.69) is 19.2 Å². The van der Waals surface area contributed by atoms with Crippen LogP contribution in [-0.2, 0) is 19.4 Å². The van der Waals surface area contributed by atoms with E-state index in [1.165, 1.54) is 10.5 Å². The molecule has 0 aromatic heterocycles. The molecule has 1 N–H and O–H groups in total. The molecule has 2 rings (SSSR count). The number of amides is 2. The number of hydrogen-bond donors (Lipinski definition) is 1. The molecule has 156 valence electrons. The van der Waals surface area contributed by atoms with Crippen molar-refractivity contribution in [2.45, 2.75) is 52.7 Å². The summed E-state index contributed by atoms with van der Waals surface area (Å²) >= 11 is 0. The molecule has 7 nitrogen and oxygen atoms in total. The average molecular weight is 411 g/mol. The van der Waals surface area contributed by atoms with E-state index in [1.807, 2.05) is 25.1 Å². The number of benzene rings is 1. The first-order chi connectivity index (χ1) is 13.0. The van der Waals surface area contributed by atoms with Crippen molar-refractivity contribution in [2.24, 2.45) is 0 Å². The maximum atomic E-state index is 12.4. The van der Waals surface area contributed by atoms with Gasteiger partial charge in [0.15, 0.2) is 15.9 Å². The number of sulfone groups is 1. The van der Waals surface area contributed by atoms with Gasteiger partial charge in [-0.15, -0.1) is 0 Å². The Morgan fingerprint density at radius 2 is 1.71 bits per heavy atom. The molecule has 0 bridgehead atoms. The minimum Gasteiger partial charge on any atom is -0.481 e. The Morgan fingerprint density at radius 3 is 2.25 bits per heavy atom. The second-order valence-corrected chi connectivity index (χ2v) is 9.94. The van der Waals surface area contributed by atoms with Crippen molar-refractivity contribution in [3.8, 4) is 5.75 Å². The first-order valence-corrected chi connectivity index (χ1v) is 11.4. The van der Waals surface area contributed by atoms with Gasteiger partial charge in [-0.25, -0.2) is 8.42 Å². The van der Waals surface area contributed by atoms with Crippen LogP contribution in [-0.4, -0.2) is 61.9 Å². The summed E-state index contributed by atoms with van der Waals surface area (Å²) < 4.78 is 28.7. The van der Waals surface area contributed by atoms with Crippen LogP contribution in [0, 0.1) is 6.92 Å². The smallest absolute Gasteiger partial charge is 0.261 e. The third-order valence-corrected chi connectivity index (χ3v) is 6.54. The van der Waals surface area contributed by atoms with E-state index >= 15 is 0 Å². The highest BCUT2D eigenvalue weighted by Gasteiger charge is 2.29. The summed E-state index contributed by atoms with van der Waals surface area (Å²) in [6.45, 7) is 9.80. The fourth-order valence-electron chi connectivity index (χ4n) is 3.23. The van der Waals surface area contributed by atoms with Crippen molar-refractivity contribution in [1.29, 1.82) is 0 Å². The Morgan fingerprint density at radius 1 is 1.11 bits per heavy atom. The first kappa shape index (κ1) is 22.2. The van der Waals surface area contributed by atoms with Crippen LogP contribution in [0.15, 0.2) is 18.2 Å². The summed E-state index contributed by atoms with van der Waals surface area (Å²) in [4.78, 5) is 26.3. The average Bonchev–Trinajstić information content (AvgIpc) is 2.60. The highest BCUT2D eigenvalue weighted by molar-refractivity contribution is 7.91. The van der Waals surface area contributed by atoms with Gasteiger partial charge in [0.1, 0.15) is 11.8 Å². The lowest BCUT2D eigenvalue weighted by molar-refractivity contribution is -0.137. The molecule has 1 aromatic carbocycles. The normalized spacial score (nSPS) is 18.4. The second kappa shape index (κ2) is 8.94.